The van der Waals surface area contributed by atoms with Crippen LogP contribution in [0.2, 0.25) is 0 Å². The lowest BCUT2D eigenvalue weighted by molar-refractivity contribution is 0.219. The molecule has 0 unspecified atom stereocenters. The Morgan fingerprint density at radius 3 is 2.59 bits per heavy atom. The van der Waals surface area contributed by atoms with E-state index in [0.29, 0.717) is 34.7 Å². The van der Waals surface area contributed by atoms with Gasteiger partial charge in [0.2, 0.25) is 5.95 Å². The number of imidazole rings is 1. The molecule has 0 aliphatic heterocycles. The smallest absolute Gasteiger partial charge is 0.208 e. The highest BCUT2D eigenvalue weighted by Crippen LogP contribution is 2.31. The number of benzene rings is 2. The molecule has 0 saturated carbocycles. The van der Waals surface area contributed by atoms with Gasteiger partial charge in [0, 0.05) is 17.3 Å². The van der Waals surface area contributed by atoms with Crippen molar-refractivity contribution in [3.63, 3.8) is 0 Å². The van der Waals surface area contributed by atoms with Crippen molar-refractivity contribution >= 4 is 23.1 Å². The predicted octanol–water partition coefficient (Wildman–Crippen LogP) is 6.57. The number of halogens is 2. The summed E-state index contributed by atoms with van der Waals surface area (Å²) in [7, 11) is 0. The molecular weight excluding hydrogens is 368 g/mol. The topological polar surface area (TPSA) is 29.9 Å². The Bertz CT molecular complexity index is 1100. The van der Waals surface area contributed by atoms with Crippen molar-refractivity contribution < 1.29 is 8.78 Å². The van der Waals surface area contributed by atoms with Crippen LogP contribution in [-0.4, -0.2) is 9.55 Å². The zero-order valence-corrected chi connectivity index (χ0v) is 17.0. The van der Waals surface area contributed by atoms with E-state index in [4.69, 9.17) is 0 Å². The third kappa shape index (κ3) is 4.14. The van der Waals surface area contributed by atoms with E-state index in [1.807, 2.05) is 35.8 Å². The molecule has 0 bridgehead atoms. The zero-order valence-electron chi connectivity index (χ0n) is 17.0. The van der Waals surface area contributed by atoms with Gasteiger partial charge in [-0.25, -0.2) is 13.8 Å². The minimum atomic E-state index is -1.50. The standard InChI is InChI=1S/C24H25F2N3/c1-6-16-13-21-22(14-20(16)25)29(23(28-21)27-18(7-2)8-3)15-17-11-9-10-12-19(17)24(4,5)26/h6-14H,1-2,15H2,3-5H3,(H,27,28)/b18-8+. The van der Waals surface area contributed by atoms with Crippen molar-refractivity contribution in [2.75, 3.05) is 5.32 Å². The molecule has 3 aromatic rings. The first-order valence-corrected chi connectivity index (χ1v) is 9.43. The average Bonchev–Trinajstić information content (AvgIpc) is 3.01. The molecule has 0 atom stereocenters. The number of fused-ring (bicyclic) bond motifs is 1. The Morgan fingerprint density at radius 1 is 1.24 bits per heavy atom. The molecule has 150 valence electrons. The van der Waals surface area contributed by atoms with E-state index in [0.717, 1.165) is 11.3 Å². The Kier molecular flexibility index (Phi) is 5.69. The number of hydrogen-bond donors (Lipinski definition) is 1. The number of allylic oxidation sites excluding steroid dienone is 2. The fraction of sp³-hybridized carbons (Fsp3) is 0.208. The summed E-state index contributed by atoms with van der Waals surface area (Å²) in [6.07, 6.45) is 5.01. The van der Waals surface area contributed by atoms with E-state index in [1.165, 1.54) is 26.0 Å². The van der Waals surface area contributed by atoms with E-state index in [2.05, 4.69) is 23.5 Å². The second kappa shape index (κ2) is 8.03. The number of aromatic nitrogens is 2. The summed E-state index contributed by atoms with van der Waals surface area (Å²) in [5.74, 6) is 0.148. The minimum Gasteiger partial charge on any atom is -0.326 e. The van der Waals surface area contributed by atoms with Crippen LogP contribution in [0.3, 0.4) is 0 Å². The minimum absolute atomic E-state index is 0.337. The van der Waals surface area contributed by atoms with Crippen molar-refractivity contribution in [3.05, 3.63) is 89.9 Å². The molecule has 2 aromatic carbocycles. The van der Waals surface area contributed by atoms with Gasteiger partial charge in [-0.3, -0.25) is 0 Å². The van der Waals surface area contributed by atoms with Crippen LogP contribution in [0.15, 0.2) is 67.4 Å². The molecule has 0 saturated heterocycles. The fourth-order valence-corrected chi connectivity index (χ4v) is 3.35. The van der Waals surface area contributed by atoms with Crippen LogP contribution in [0.1, 0.15) is 37.5 Å². The molecule has 0 fully saturated rings. The Hall–Kier alpha value is -3.21. The maximum absolute atomic E-state index is 14.8. The Balaban J connectivity index is 2.21. The summed E-state index contributed by atoms with van der Waals surface area (Å²) in [5, 5.41) is 3.22. The summed E-state index contributed by atoms with van der Waals surface area (Å²) in [5.41, 5.74) is 2.28. The first kappa shape index (κ1) is 20.5. The number of anilines is 1. The van der Waals surface area contributed by atoms with Gasteiger partial charge < -0.3 is 9.88 Å². The molecule has 0 amide bonds. The first-order valence-electron chi connectivity index (χ1n) is 9.43. The molecule has 0 aliphatic rings. The molecular formula is C24H25F2N3. The van der Waals surface area contributed by atoms with Crippen molar-refractivity contribution in [2.45, 2.75) is 33.0 Å². The molecule has 0 spiro atoms. The molecule has 29 heavy (non-hydrogen) atoms. The van der Waals surface area contributed by atoms with Crippen molar-refractivity contribution in [1.29, 1.82) is 0 Å². The van der Waals surface area contributed by atoms with Gasteiger partial charge in [0.05, 0.1) is 17.6 Å². The second-order valence-corrected chi connectivity index (χ2v) is 7.29. The summed E-state index contributed by atoms with van der Waals surface area (Å²) >= 11 is 0. The number of hydrogen-bond acceptors (Lipinski definition) is 2. The lowest BCUT2D eigenvalue weighted by Gasteiger charge is -2.20. The van der Waals surface area contributed by atoms with E-state index >= 15 is 0 Å². The molecule has 1 N–H and O–H groups in total. The van der Waals surface area contributed by atoms with Gasteiger partial charge in [0.1, 0.15) is 11.5 Å². The summed E-state index contributed by atoms with van der Waals surface area (Å²) < 4.78 is 31.1. The van der Waals surface area contributed by atoms with E-state index in [1.54, 1.807) is 18.2 Å². The fourth-order valence-electron chi connectivity index (χ4n) is 3.35. The molecule has 0 aliphatic carbocycles. The molecule has 3 rings (SSSR count). The molecule has 1 aromatic heterocycles. The van der Waals surface area contributed by atoms with Crippen LogP contribution in [0.5, 0.6) is 0 Å². The number of rotatable bonds is 7. The van der Waals surface area contributed by atoms with Crippen molar-refractivity contribution in [3.8, 4) is 0 Å². The lowest BCUT2D eigenvalue weighted by atomic mass is 9.94. The van der Waals surface area contributed by atoms with Crippen LogP contribution < -0.4 is 5.32 Å². The van der Waals surface area contributed by atoms with Crippen LogP contribution in [-0.2, 0) is 12.2 Å². The third-order valence-electron chi connectivity index (χ3n) is 4.86. The van der Waals surface area contributed by atoms with Crippen LogP contribution in [0, 0.1) is 5.82 Å². The van der Waals surface area contributed by atoms with Crippen molar-refractivity contribution in [1.82, 2.24) is 9.55 Å². The summed E-state index contributed by atoms with van der Waals surface area (Å²) in [6.45, 7) is 12.7. The van der Waals surface area contributed by atoms with Gasteiger partial charge in [-0.1, -0.05) is 49.6 Å². The van der Waals surface area contributed by atoms with E-state index < -0.39 is 5.67 Å². The van der Waals surface area contributed by atoms with Gasteiger partial charge in [0.25, 0.3) is 0 Å². The van der Waals surface area contributed by atoms with Crippen LogP contribution >= 0.6 is 0 Å². The Morgan fingerprint density at radius 2 is 1.97 bits per heavy atom. The van der Waals surface area contributed by atoms with E-state index in [-0.39, 0.29) is 5.82 Å². The molecule has 1 heterocycles. The second-order valence-electron chi connectivity index (χ2n) is 7.29. The number of nitrogens with one attached hydrogen (secondary N) is 1. The van der Waals surface area contributed by atoms with Gasteiger partial charge in [0.15, 0.2) is 0 Å². The Labute approximate surface area is 170 Å². The SMILES string of the molecule is C=C/C(=C\C)Nc1nc2cc(C=C)c(F)cc2n1Cc1ccccc1C(C)(C)F. The number of alkyl halides is 1. The highest BCUT2D eigenvalue weighted by molar-refractivity contribution is 5.82. The zero-order chi connectivity index (χ0) is 21.2. The van der Waals surface area contributed by atoms with Gasteiger partial charge in [-0.05, 0) is 44.0 Å². The molecule has 3 nitrogen and oxygen atoms in total. The molecule has 5 heteroatoms. The quantitative estimate of drug-likeness (QED) is 0.460. The van der Waals surface area contributed by atoms with Gasteiger partial charge in [-0.15, -0.1) is 0 Å². The highest BCUT2D eigenvalue weighted by Gasteiger charge is 2.23. The largest absolute Gasteiger partial charge is 0.326 e. The highest BCUT2D eigenvalue weighted by atomic mass is 19.1. The van der Waals surface area contributed by atoms with Crippen LogP contribution in [0.4, 0.5) is 14.7 Å². The maximum atomic E-state index is 14.8. The monoisotopic (exact) mass is 393 g/mol. The summed E-state index contributed by atoms with van der Waals surface area (Å²) in [4.78, 5) is 4.64. The third-order valence-corrected chi connectivity index (χ3v) is 4.86. The number of nitrogens with zero attached hydrogens (tertiary/aromatic N) is 2. The molecule has 0 radical (unpaired) electrons. The predicted molar refractivity (Wildman–Crippen MR) is 117 cm³/mol. The normalized spacial score (nSPS) is 12.2. The lowest BCUT2D eigenvalue weighted by Crippen LogP contribution is -2.15. The van der Waals surface area contributed by atoms with Gasteiger partial charge >= 0.3 is 0 Å². The summed E-state index contributed by atoms with van der Waals surface area (Å²) in [6, 6.07) is 10.4. The van der Waals surface area contributed by atoms with Crippen molar-refractivity contribution in [2.24, 2.45) is 0 Å². The first-order chi connectivity index (χ1) is 13.8. The maximum Gasteiger partial charge on any atom is 0.208 e. The van der Waals surface area contributed by atoms with Gasteiger partial charge in [-0.2, -0.15) is 0 Å². The average molecular weight is 393 g/mol. The van der Waals surface area contributed by atoms with E-state index in [9.17, 15) is 8.78 Å². The van der Waals surface area contributed by atoms with Crippen LogP contribution in [0.25, 0.3) is 17.1 Å².